The topological polar surface area (TPSA) is 87.3 Å². The molecule has 120 valence electrons. The number of nitrogens with zero attached hydrogens (tertiary/aromatic N) is 2. The van der Waals surface area contributed by atoms with Gasteiger partial charge < -0.3 is 15.0 Å². The highest BCUT2D eigenvalue weighted by molar-refractivity contribution is 5.92. The third kappa shape index (κ3) is 3.47. The fourth-order valence-corrected chi connectivity index (χ4v) is 2.79. The molecule has 1 aromatic rings. The third-order valence-electron chi connectivity index (χ3n) is 4.26. The van der Waals surface area contributed by atoms with Crippen molar-refractivity contribution in [2.45, 2.75) is 25.2 Å². The van der Waals surface area contributed by atoms with Crippen LogP contribution in [0.1, 0.15) is 41.4 Å². The van der Waals surface area contributed by atoms with E-state index in [1.807, 2.05) is 6.07 Å². The number of ether oxygens (including phenoxy) is 1. The lowest BCUT2D eigenvalue weighted by atomic mass is 10.1. The Kier molecular flexibility index (Phi) is 4.42. The zero-order valence-electron chi connectivity index (χ0n) is 12.8. The molecule has 0 aromatic carbocycles. The largest absolute Gasteiger partial charge is 0.383 e. The van der Waals surface area contributed by atoms with Crippen molar-refractivity contribution in [3.63, 3.8) is 0 Å². The van der Waals surface area contributed by atoms with Crippen LogP contribution in [0, 0.1) is 5.92 Å². The molecule has 1 saturated heterocycles. The summed E-state index contributed by atoms with van der Waals surface area (Å²) in [7, 11) is 1.62. The molecule has 0 unspecified atom stereocenters. The van der Waals surface area contributed by atoms with Gasteiger partial charge in [-0.2, -0.15) is 5.10 Å². The van der Waals surface area contributed by atoms with E-state index in [0.717, 1.165) is 5.69 Å². The Labute approximate surface area is 129 Å². The van der Waals surface area contributed by atoms with Crippen LogP contribution in [-0.2, 0) is 9.53 Å². The molecule has 2 amide bonds. The van der Waals surface area contributed by atoms with Crippen molar-refractivity contribution in [1.29, 1.82) is 0 Å². The molecule has 0 bridgehead atoms. The Morgan fingerprint density at radius 3 is 3.09 bits per heavy atom. The summed E-state index contributed by atoms with van der Waals surface area (Å²) in [4.78, 5) is 25.7. The number of carbonyl (C=O) groups excluding carboxylic acids is 2. The first-order valence-corrected chi connectivity index (χ1v) is 7.77. The van der Waals surface area contributed by atoms with Crippen LogP contribution in [0.4, 0.5) is 0 Å². The van der Waals surface area contributed by atoms with Crippen molar-refractivity contribution in [1.82, 2.24) is 20.4 Å². The molecule has 7 nitrogen and oxygen atoms in total. The molecule has 7 heteroatoms. The van der Waals surface area contributed by atoms with E-state index in [-0.39, 0.29) is 17.7 Å². The average Bonchev–Trinajstić information content (AvgIpc) is 3.13. The van der Waals surface area contributed by atoms with E-state index in [0.29, 0.717) is 44.3 Å². The first kappa shape index (κ1) is 15.0. The van der Waals surface area contributed by atoms with Crippen molar-refractivity contribution >= 4 is 11.8 Å². The lowest BCUT2D eigenvalue weighted by molar-refractivity contribution is -0.128. The number of hydrogen-bond donors (Lipinski definition) is 2. The van der Waals surface area contributed by atoms with Gasteiger partial charge >= 0.3 is 0 Å². The van der Waals surface area contributed by atoms with Crippen molar-refractivity contribution in [2.24, 2.45) is 5.92 Å². The highest BCUT2D eigenvalue weighted by Crippen LogP contribution is 2.38. The minimum Gasteiger partial charge on any atom is -0.383 e. The smallest absolute Gasteiger partial charge is 0.271 e. The molecule has 0 radical (unpaired) electrons. The zero-order chi connectivity index (χ0) is 15.5. The van der Waals surface area contributed by atoms with E-state index in [4.69, 9.17) is 4.74 Å². The van der Waals surface area contributed by atoms with E-state index in [1.165, 1.54) is 12.8 Å². The zero-order valence-corrected chi connectivity index (χ0v) is 12.8. The number of likely N-dealkylation sites (tertiary alicyclic amines) is 1. The summed E-state index contributed by atoms with van der Waals surface area (Å²) in [5.41, 5.74) is 1.48. The Hall–Kier alpha value is -1.89. The standard InChI is InChI=1S/C15H22N4O3/c1-22-5-4-19-9-10(6-14(19)20)8-16-15(21)13-7-12(17-18-13)11-2-3-11/h7,10-11H,2-6,8-9H2,1H3,(H,16,21)(H,17,18)/t10-/m1/s1. The first-order valence-electron chi connectivity index (χ1n) is 7.77. The van der Waals surface area contributed by atoms with Gasteiger partial charge in [-0.25, -0.2) is 0 Å². The molecule has 1 atom stereocenters. The van der Waals surface area contributed by atoms with Crippen LogP contribution < -0.4 is 5.32 Å². The lowest BCUT2D eigenvalue weighted by Gasteiger charge is -2.16. The van der Waals surface area contributed by atoms with Crippen molar-refractivity contribution in [3.05, 3.63) is 17.5 Å². The van der Waals surface area contributed by atoms with Crippen LogP contribution in [0.15, 0.2) is 6.07 Å². The maximum atomic E-state index is 12.1. The summed E-state index contributed by atoms with van der Waals surface area (Å²) in [6.07, 6.45) is 2.83. The van der Waals surface area contributed by atoms with E-state index >= 15 is 0 Å². The Bertz CT molecular complexity index is 553. The van der Waals surface area contributed by atoms with E-state index < -0.39 is 0 Å². The summed E-state index contributed by atoms with van der Waals surface area (Å²) in [6, 6.07) is 1.83. The predicted octanol–water partition coefficient (Wildman–Crippen LogP) is 0.512. The van der Waals surface area contributed by atoms with Crippen LogP contribution in [-0.4, -0.2) is 60.3 Å². The summed E-state index contributed by atoms with van der Waals surface area (Å²) >= 11 is 0. The van der Waals surface area contributed by atoms with Gasteiger partial charge in [-0.05, 0) is 18.9 Å². The van der Waals surface area contributed by atoms with Gasteiger partial charge in [-0.3, -0.25) is 14.7 Å². The molecule has 1 saturated carbocycles. The van der Waals surface area contributed by atoms with Crippen LogP contribution in [0.2, 0.25) is 0 Å². The molecule has 2 fully saturated rings. The van der Waals surface area contributed by atoms with Crippen LogP contribution in [0.5, 0.6) is 0 Å². The summed E-state index contributed by atoms with van der Waals surface area (Å²) < 4.78 is 4.99. The van der Waals surface area contributed by atoms with E-state index in [9.17, 15) is 9.59 Å². The van der Waals surface area contributed by atoms with Gasteiger partial charge in [0.25, 0.3) is 5.91 Å². The first-order chi connectivity index (χ1) is 10.7. The van der Waals surface area contributed by atoms with E-state index in [1.54, 1.807) is 12.0 Å². The normalized spacial score (nSPS) is 21.4. The van der Waals surface area contributed by atoms with Crippen LogP contribution in [0.25, 0.3) is 0 Å². The number of nitrogens with one attached hydrogen (secondary N) is 2. The Morgan fingerprint density at radius 1 is 1.55 bits per heavy atom. The second-order valence-electron chi connectivity index (χ2n) is 6.10. The van der Waals surface area contributed by atoms with Gasteiger partial charge in [-0.1, -0.05) is 0 Å². The fraction of sp³-hybridized carbons (Fsp3) is 0.667. The molecule has 0 spiro atoms. The maximum Gasteiger partial charge on any atom is 0.271 e. The molecule has 2 N–H and O–H groups in total. The average molecular weight is 306 g/mol. The van der Waals surface area contributed by atoms with Gasteiger partial charge in [0.15, 0.2) is 0 Å². The molecule has 2 aliphatic rings. The molecule has 3 rings (SSSR count). The fourth-order valence-electron chi connectivity index (χ4n) is 2.79. The summed E-state index contributed by atoms with van der Waals surface area (Å²) in [6.45, 7) is 2.34. The molecular formula is C15H22N4O3. The van der Waals surface area contributed by atoms with Crippen molar-refractivity contribution in [3.8, 4) is 0 Å². The highest BCUT2D eigenvalue weighted by atomic mass is 16.5. The van der Waals surface area contributed by atoms with Crippen LogP contribution in [0.3, 0.4) is 0 Å². The number of amides is 2. The molecule has 2 heterocycles. The highest BCUT2D eigenvalue weighted by Gasteiger charge is 2.30. The summed E-state index contributed by atoms with van der Waals surface area (Å²) in [5, 5.41) is 9.87. The summed E-state index contributed by atoms with van der Waals surface area (Å²) in [5.74, 6) is 0.670. The lowest BCUT2D eigenvalue weighted by Crippen LogP contribution is -2.32. The number of methoxy groups -OCH3 is 1. The molecular weight excluding hydrogens is 284 g/mol. The number of aromatic nitrogens is 2. The maximum absolute atomic E-state index is 12.1. The number of H-pyrrole nitrogens is 1. The number of rotatable bonds is 7. The van der Waals surface area contributed by atoms with Crippen LogP contribution >= 0.6 is 0 Å². The molecule has 22 heavy (non-hydrogen) atoms. The van der Waals surface area contributed by atoms with Gasteiger partial charge in [0.2, 0.25) is 5.91 Å². The van der Waals surface area contributed by atoms with Gasteiger partial charge in [0.05, 0.1) is 6.61 Å². The third-order valence-corrected chi connectivity index (χ3v) is 4.26. The minimum atomic E-state index is -0.175. The number of hydrogen-bond acceptors (Lipinski definition) is 4. The quantitative estimate of drug-likeness (QED) is 0.768. The van der Waals surface area contributed by atoms with Crippen molar-refractivity contribution in [2.75, 3.05) is 33.4 Å². The molecule has 1 aromatic heterocycles. The predicted molar refractivity (Wildman–Crippen MR) is 79.5 cm³/mol. The van der Waals surface area contributed by atoms with Gasteiger partial charge in [-0.15, -0.1) is 0 Å². The minimum absolute atomic E-state index is 0.132. The van der Waals surface area contributed by atoms with Gasteiger partial charge in [0, 0.05) is 50.7 Å². The number of aromatic amines is 1. The molecule has 1 aliphatic heterocycles. The molecule has 1 aliphatic carbocycles. The Balaban J connectivity index is 1.45. The Morgan fingerprint density at radius 2 is 2.36 bits per heavy atom. The second-order valence-corrected chi connectivity index (χ2v) is 6.10. The SMILES string of the molecule is COCCN1C[C@@H](CNC(=O)c2cc(C3CC3)[nH]n2)CC1=O. The van der Waals surface area contributed by atoms with Crippen molar-refractivity contribution < 1.29 is 14.3 Å². The second kappa shape index (κ2) is 6.48. The van der Waals surface area contributed by atoms with E-state index in [2.05, 4.69) is 15.5 Å². The van der Waals surface area contributed by atoms with Gasteiger partial charge in [0.1, 0.15) is 5.69 Å². The number of carbonyl (C=O) groups is 2. The monoisotopic (exact) mass is 306 g/mol.